The second-order valence-electron chi connectivity index (χ2n) is 7.70. The topological polar surface area (TPSA) is 103 Å². The van der Waals surface area contributed by atoms with Crippen molar-refractivity contribution in [2.45, 2.75) is 25.6 Å². The molecule has 0 unspecified atom stereocenters. The van der Waals surface area contributed by atoms with Gasteiger partial charge < -0.3 is 14.7 Å². The van der Waals surface area contributed by atoms with Crippen molar-refractivity contribution in [3.05, 3.63) is 30.1 Å². The monoisotopic (exact) mass is 381 g/mol. The third kappa shape index (κ3) is 3.77. The molecule has 2 saturated heterocycles. The van der Waals surface area contributed by atoms with E-state index in [-0.39, 0.29) is 24.7 Å². The lowest BCUT2D eigenvalue weighted by molar-refractivity contribution is -0.153. The molecule has 8 nitrogen and oxygen atoms in total. The molecule has 0 saturated carbocycles. The molecule has 3 heterocycles. The number of carbonyl (C=O) groups is 1. The molecule has 0 amide bonds. The van der Waals surface area contributed by atoms with Crippen molar-refractivity contribution in [2.75, 3.05) is 37.6 Å². The maximum Gasteiger partial charge on any atom is 0.320 e. The Morgan fingerprint density at radius 2 is 2.00 bits per heavy atom. The fourth-order valence-corrected chi connectivity index (χ4v) is 4.04. The maximum atomic E-state index is 12.2. The van der Waals surface area contributed by atoms with Gasteiger partial charge in [-0.05, 0) is 24.5 Å². The van der Waals surface area contributed by atoms with Crippen LogP contribution in [0.5, 0.6) is 0 Å². The predicted molar refractivity (Wildman–Crippen MR) is 103 cm³/mol. The van der Waals surface area contributed by atoms with Gasteiger partial charge in [-0.15, -0.1) is 0 Å². The van der Waals surface area contributed by atoms with Gasteiger partial charge in [-0.2, -0.15) is 5.26 Å². The van der Waals surface area contributed by atoms with Gasteiger partial charge in [-0.1, -0.05) is 6.92 Å². The Kier molecular flexibility index (Phi) is 5.11. The van der Waals surface area contributed by atoms with E-state index in [0.717, 1.165) is 18.7 Å². The van der Waals surface area contributed by atoms with Crippen LogP contribution in [0.15, 0.2) is 24.5 Å². The molecule has 28 heavy (non-hydrogen) atoms. The van der Waals surface area contributed by atoms with E-state index in [1.807, 2.05) is 11.0 Å². The number of β-amino-alcohol motifs (C(OH)–C–C–N with tert-alkyl or cyclic N) is 1. The first-order chi connectivity index (χ1) is 13.5. The number of anilines is 1. The fraction of sp³-hybridized carbons (Fsp3) is 0.500. The first-order valence-corrected chi connectivity index (χ1v) is 9.52. The summed E-state index contributed by atoms with van der Waals surface area (Å²) in [5.74, 6) is 0.0928. The number of piperidine rings is 1. The van der Waals surface area contributed by atoms with Crippen molar-refractivity contribution in [1.29, 1.82) is 5.26 Å². The van der Waals surface area contributed by atoms with Crippen LogP contribution in [0.4, 0.5) is 5.69 Å². The molecule has 2 aliphatic heterocycles. The van der Waals surface area contributed by atoms with Crippen LogP contribution in [-0.2, 0) is 9.53 Å². The summed E-state index contributed by atoms with van der Waals surface area (Å²) in [6, 6.07) is 5.83. The van der Waals surface area contributed by atoms with Gasteiger partial charge >= 0.3 is 5.97 Å². The van der Waals surface area contributed by atoms with Gasteiger partial charge in [0, 0.05) is 32.0 Å². The third-order valence-corrected chi connectivity index (χ3v) is 5.28. The zero-order valence-corrected chi connectivity index (χ0v) is 15.8. The van der Waals surface area contributed by atoms with Gasteiger partial charge in [0.25, 0.3) is 0 Å². The van der Waals surface area contributed by atoms with Crippen LogP contribution in [0.25, 0.3) is 11.0 Å². The number of hydrogen-bond donors (Lipinski definition) is 1. The van der Waals surface area contributed by atoms with Crippen LogP contribution in [0.1, 0.15) is 18.9 Å². The molecule has 0 spiro atoms. The predicted octanol–water partition coefficient (Wildman–Crippen LogP) is 0.936. The minimum Gasteiger partial charge on any atom is -0.460 e. The number of benzene rings is 1. The van der Waals surface area contributed by atoms with Gasteiger partial charge in [0.1, 0.15) is 23.2 Å². The first-order valence-electron chi connectivity index (χ1n) is 9.52. The molecule has 8 heteroatoms. The van der Waals surface area contributed by atoms with Gasteiger partial charge in [0.05, 0.1) is 30.4 Å². The molecular formula is C20H23N5O3. The van der Waals surface area contributed by atoms with E-state index in [4.69, 9.17) is 4.74 Å². The highest BCUT2D eigenvalue weighted by atomic mass is 16.5. The average molecular weight is 381 g/mol. The number of ether oxygens (including phenoxy) is 1. The van der Waals surface area contributed by atoms with Crippen molar-refractivity contribution >= 4 is 22.7 Å². The Labute approximate surface area is 163 Å². The number of aliphatic hydroxyl groups excluding tert-OH is 1. The lowest BCUT2D eigenvalue weighted by Gasteiger charge is -2.39. The zero-order chi connectivity index (χ0) is 19.7. The van der Waals surface area contributed by atoms with Crippen molar-refractivity contribution in [3.8, 4) is 6.07 Å². The summed E-state index contributed by atoms with van der Waals surface area (Å²) >= 11 is 0. The molecule has 2 atom stereocenters. The van der Waals surface area contributed by atoms with Crippen LogP contribution in [-0.4, -0.2) is 70.9 Å². The van der Waals surface area contributed by atoms with E-state index in [9.17, 15) is 15.2 Å². The van der Waals surface area contributed by atoms with Crippen LogP contribution >= 0.6 is 0 Å². The molecule has 0 radical (unpaired) electrons. The number of nitriles is 1. The highest BCUT2D eigenvalue weighted by molar-refractivity contribution is 5.92. The second kappa shape index (κ2) is 7.70. The molecule has 2 aromatic rings. The van der Waals surface area contributed by atoms with Gasteiger partial charge in [-0.3, -0.25) is 19.7 Å². The molecule has 0 aliphatic carbocycles. The quantitative estimate of drug-likeness (QED) is 0.781. The lowest BCUT2D eigenvalue weighted by Crippen LogP contribution is -2.53. The van der Waals surface area contributed by atoms with Crippen molar-refractivity contribution in [2.24, 2.45) is 5.92 Å². The molecule has 0 bridgehead atoms. The summed E-state index contributed by atoms with van der Waals surface area (Å²) in [4.78, 5) is 25.1. The van der Waals surface area contributed by atoms with E-state index < -0.39 is 0 Å². The molecular weight excluding hydrogens is 358 g/mol. The number of nitrogens with zero attached hydrogens (tertiary/aromatic N) is 5. The Balaban J connectivity index is 1.50. The number of rotatable bonds is 4. The third-order valence-electron chi connectivity index (χ3n) is 5.28. The maximum absolute atomic E-state index is 12.2. The number of carbonyl (C=O) groups excluding carboxylic acids is 1. The number of hydrogen-bond acceptors (Lipinski definition) is 8. The molecule has 2 fully saturated rings. The van der Waals surface area contributed by atoms with Gasteiger partial charge in [0.15, 0.2) is 0 Å². The summed E-state index contributed by atoms with van der Waals surface area (Å²) in [6.07, 6.45) is 3.49. The van der Waals surface area contributed by atoms with Crippen LogP contribution in [0, 0.1) is 17.2 Å². The molecule has 146 valence electrons. The van der Waals surface area contributed by atoms with E-state index in [2.05, 4.69) is 27.9 Å². The summed E-state index contributed by atoms with van der Waals surface area (Å²) in [7, 11) is 0. The molecule has 4 rings (SSSR count). The lowest BCUT2D eigenvalue weighted by atomic mass is 9.96. The smallest absolute Gasteiger partial charge is 0.320 e. The normalized spacial score (nSPS) is 23.2. The Hall–Kier alpha value is -2.76. The number of fused-ring (bicyclic) bond motifs is 1. The first kappa shape index (κ1) is 18.6. The van der Waals surface area contributed by atoms with E-state index in [0.29, 0.717) is 42.1 Å². The van der Waals surface area contributed by atoms with E-state index in [1.54, 1.807) is 18.5 Å². The van der Waals surface area contributed by atoms with Crippen LogP contribution < -0.4 is 4.90 Å². The Morgan fingerprint density at radius 3 is 2.71 bits per heavy atom. The summed E-state index contributed by atoms with van der Waals surface area (Å²) in [5, 5.41) is 18.7. The molecule has 1 aromatic carbocycles. The van der Waals surface area contributed by atoms with Crippen molar-refractivity contribution in [3.63, 3.8) is 0 Å². The number of esters is 1. The summed E-state index contributed by atoms with van der Waals surface area (Å²) in [5.41, 5.74) is 2.68. The summed E-state index contributed by atoms with van der Waals surface area (Å²) in [6.45, 7) is 4.81. The fourth-order valence-electron chi connectivity index (χ4n) is 4.04. The van der Waals surface area contributed by atoms with Crippen LogP contribution in [0.3, 0.4) is 0 Å². The van der Waals surface area contributed by atoms with Crippen molar-refractivity contribution < 1.29 is 14.6 Å². The largest absolute Gasteiger partial charge is 0.460 e. The standard InChI is InChI=1S/C20H23N5O3/c1-13-6-16(28-18(27)12-24-9-15(26)10-24)11-25(8-13)17-3-2-14(7-21)19-20(17)23-5-4-22-19/h2-5,13,15-16,26H,6,8-12H2,1H3/t13-,16+/m0/s1. The minimum atomic E-state index is -0.330. The second-order valence-corrected chi connectivity index (χ2v) is 7.70. The number of aromatic nitrogens is 2. The number of likely N-dealkylation sites (tertiary alicyclic amines) is 1. The van der Waals surface area contributed by atoms with Crippen molar-refractivity contribution in [1.82, 2.24) is 14.9 Å². The van der Waals surface area contributed by atoms with Crippen LogP contribution in [0.2, 0.25) is 0 Å². The minimum absolute atomic E-state index is 0.204. The molecule has 1 N–H and O–H groups in total. The van der Waals surface area contributed by atoms with Gasteiger partial charge in [0.2, 0.25) is 0 Å². The van der Waals surface area contributed by atoms with E-state index in [1.165, 1.54) is 0 Å². The molecule has 2 aliphatic rings. The highest BCUT2D eigenvalue weighted by Crippen LogP contribution is 2.30. The Morgan fingerprint density at radius 1 is 1.25 bits per heavy atom. The van der Waals surface area contributed by atoms with E-state index >= 15 is 0 Å². The SMILES string of the molecule is C[C@H]1C[C@@H](OC(=O)CN2CC(O)C2)CN(c2ccc(C#N)c3nccnc23)C1. The zero-order valence-electron chi connectivity index (χ0n) is 15.8. The van der Waals surface area contributed by atoms with Gasteiger partial charge in [-0.25, -0.2) is 0 Å². The number of aliphatic hydroxyl groups is 1. The molecule has 1 aromatic heterocycles. The summed E-state index contributed by atoms with van der Waals surface area (Å²) < 4.78 is 5.72. The average Bonchev–Trinajstić information content (AvgIpc) is 2.65. The Bertz CT molecular complexity index is 922. The highest BCUT2D eigenvalue weighted by Gasteiger charge is 2.31.